The number of allylic oxidation sites excluding steroid dienone is 1. The van der Waals surface area contributed by atoms with Gasteiger partial charge in [-0.05, 0) is 41.9 Å². The first-order valence-corrected chi connectivity index (χ1v) is 6.17. The Labute approximate surface area is 98.7 Å². The average Bonchev–Trinajstić information content (AvgIpc) is 3.12. The van der Waals surface area contributed by atoms with Crippen LogP contribution in [0, 0.1) is 5.92 Å². The molecule has 1 atom stereocenters. The van der Waals surface area contributed by atoms with Crippen LogP contribution < -0.4 is 0 Å². The van der Waals surface area contributed by atoms with Crippen molar-refractivity contribution in [3.05, 3.63) is 47.7 Å². The van der Waals surface area contributed by atoms with E-state index in [-0.39, 0.29) is 0 Å². The normalized spacial score (nSPS) is 16.6. The van der Waals surface area contributed by atoms with Gasteiger partial charge in [0.1, 0.15) is 0 Å². The third-order valence-electron chi connectivity index (χ3n) is 3.56. The van der Waals surface area contributed by atoms with Crippen LogP contribution in [0.5, 0.6) is 0 Å². The molecule has 0 unspecified atom stereocenters. The summed E-state index contributed by atoms with van der Waals surface area (Å²) in [6.07, 6.45) is 4.25. The summed E-state index contributed by atoms with van der Waals surface area (Å²) < 4.78 is 0. The topological polar surface area (TPSA) is 0 Å². The molecule has 0 N–H and O–H groups in total. The van der Waals surface area contributed by atoms with E-state index in [2.05, 4.69) is 50.4 Å². The van der Waals surface area contributed by atoms with Crippen LogP contribution in [0.4, 0.5) is 0 Å². The van der Waals surface area contributed by atoms with Gasteiger partial charge < -0.3 is 0 Å². The molecule has 0 aromatic heterocycles. The van der Waals surface area contributed by atoms with Gasteiger partial charge in [0.2, 0.25) is 0 Å². The molecule has 1 saturated carbocycles. The van der Waals surface area contributed by atoms with Gasteiger partial charge in [-0.3, -0.25) is 0 Å². The van der Waals surface area contributed by atoms with Crippen molar-refractivity contribution in [2.24, 2.45) is 5.92 Å². The van der Waals surface area contributed by atoms with Crippen LogP contribution in [-0.4, -0.2) is 0 Å². The number of benzene rings is 1. The van der Waals surface area contributed by atoms with Crippen molar-refractivity contribution in [1.29, 1.82) is 0 Å². The predicted octanol–water partition coefficient (Wildman–Crippen LogP) is 4.78. The fourth-order valence-corrected chi connectivity index (χ4v) is 2.15. The standard InChI is InChI=1S/C16H20/c1-4-12(2)15-7-9-16(10-8-15)13(3)11-14-5-6-14/h7-10,13-14H,1,5-6,11H2,2-3H3/t13-/m1/s1. The first-order chi connectivity index (χ1) is 7.70. The summed E-state index contributed by atoms with van der Waals surface area (Å²) >= 11 is 0. The Bertz CT molecular complexity index is 400. The van der Waals surface area contributed by atoms with Gasteiger partial charge in [-0.15, -0.1) is 5.73 Å². The second kappa shape index (κ2) is 4.72. The first kappa shape index (κ1) is 11.2. The second-order valence-corrected chi connectivity index (χ2v) is 5.00. The number of rotatable bonds is 4. The fraction of sp³-hybridized carbons (Fsp3) is 0.438. The highest BCUT2D eigenvalue weighted by molar-refractivity contribution is 5.62. The zero-order chi connectivity index (χ0) is 11.5. The van der Waals surface area contributed by atoms with Gasteiger partial charge in [-0.2, -0.15) is 0 Å². The molecular weight excluding hydrogens is 192 g/mol. The van der Waals surface area contributed by atoms with Crippen molar-refractivity contribution in [2.75, 3.05) is 0 Å². The molecule has 1 aliphatic rings. The van der Waals surface area contributed by atoms with Gasteiger partial charge in [0.05, 0.1) is 0 Å². The molecule has 0 amide bonds. The number of hydrogen-bond acceptors (Lipinski definition) is 0. The lowest BCUT2D eigenvalue weighted by molar-refractivity contribution is 0.619. The molecule has 1 aromatic carbocycles. The lowest BCUT2D eigenvalue weighted by Gasteiger charge is -2.11. The SMILES string of the molecule is C=C=C(C)c1ccc([C@H](C)CC2CC2)cc1. The molecular formula is C16H20. The van der Waals surface area contributed by atoms with Crippen molar-refractivity contribution in [2.45, 2.75) is 39.0 Å². The highest BCUT2D eigenvalue weighted by atomic mass is 14.3. The van der Waals surface area contributed by atoms with Gasteiger partial charge in [0.15, 0.2) is 0 Å². The van der Waals surface area contributed by atoms with Crippen LogP contribution in [-0.2, 0) is 0 Å². The van der Waals surface area contributed by atoms with E-state index in [0.717, 1.165) is 11.5 Å². The molecule has 0 aliphatic heterocycles. The first-order valence-electron chi connectivity index (χ1n) is 6.17. The maximum absolute atomic E-state index is 3.68. The minimum absolute atomic E-state index is 0.703. The molecule has 0 spiro atoms. The summed E-state index contributed by atoms with van der Waals surface area (Å²) in [6, 6.07) is 8.88. The lowest BCUT2D eigenvalue weighted by Crippen LogP contribution is -1.94. The van der Waals surface area contributed by atoms with Crippen LogP contribution in [0.1, 0.15) is 50.2 Å². The van der Waals surface area contributed by atoms with E-state index in [9.17, 15) is 0 Å². The van der Waals surface area contributed by atoms with E-state index in [1.54, 1.807) is 0 Å². The zero-order valence-electron chi connectivity index (χ0n) is 10.3. The molecule has 2 rings (SSSR count). The predicted molar refractivity (Wildman–Crippen MR) is 70.4 cm³/mol. The van der Waals surface area contributed by atoms with Crippen molar-refractivity contribution in [3.63, 3.8) is 0 Å². The molecule has 0 saturated heterocycles. The monoisotopic (exact) mass is 212 g/mol. The molecule has 16 heavy (non-hydrogen) atoms. The largest absolute Gasteiger partial charge is 0.125 e. The Hall–Kier alpha value is -1.26. The minimum Gasteiger partial charge on any atom is -0.125 e. The molecule has 1 aliphatic carbocycles. The molecule has 0 radical (unpaired) electrons. The maximum atomic E-state index is 3.68. The van der Waals surface area contributed by atoms with Crippen LogP contribution >= 0.6 is 0 Å². The van der Waals surface area contributed by atoms with Crippen molar-refractivity contribution in [3.8, 4) is 0 Å². The van der Waals surface area contributed by atoms with Gasteiger partial charge in [0.25, 0.3) is 0 Å². The van der Waals surface area contributed by atoms with Crippen LogP contribution in [0.3, 0.4) is 0 Å². The lowest BCUT2D eigenvalue weighted by atomic mass is 9.94. The van der Waals surface area contributed by atoms with Crippen LogP contribution in [0.25, 0.3) is 5.57 Å². The van der Waals surface area contributed by atoms with Crippen molar-refractivity contribution in [1.82, 2.24) is 0 Å². The zero-order valence-corrected chi connectivity index (χ0v) is 10.3. The van der Waals surface area contributed by atoms with Gasteiger partial charge >= 0.3 is 0 Å². The molecule has 1 fully saturated rings. The highest BCUT2D eigenvalue weighted by Crippen LogP contribution is 2.38. The summed E-state index contributed by atoms with van der Waals surface area (Å²) in [4.78, 5) is 0. The summed E-state index contributed by atoms with van der Waals surface area (Å²) in [5.41, 5.74) is 6.76. The van der Waals surface area contributed by atoms with E-state index in [1.165, 1.54) is 30.4 Å². The summed E-state index contributed by atoms with van der Waals surface area (Å²) in [5.74, 6) is 1.71. The molecule has 84 valence electrons. The number of hydrogen-bond donors (Lipinski definition) is 0. The van der Waals surface area contributed by atoms with E-state index < -0.39 is 0 Å². The van der Waals surface area contributed by atoms with Crippen molar-refractivity contribution >= 4 is 5.57 Å². The third-order valence-corrected chi connectivity index (χ3v) is 3.56. The second-order valence-electron chi connectivity index (χ2n) is 5.00. The quantitative estimate of drug-likeness (QED) is 0.630. The Morgan fingerprint density at radius 1 is 1.38 bits per heavy atom. The Kier molecular flexibility index (Phi) is 3.31. The maximum Gasteiger partial charge on any atom is -0.00252 e. The van der Waals surface area contributed by atoms with Gasteiger partial charge in [0, 0.05) is 0 Å². The van der Waals surface area contributed by atoms with E-state index >= 15 is 0 Å². The fourth-order valence-electron chi connectivity index (χ4n) is 2.15. The van der Waals surface area contributed by atoms with Gasteiger partial charge in [-0.1, -0.05) is 50.6 Å². The van der Waals surface area contributed by atoms with E-state index in [1.807, 2.05) is 0 Å². The smallest absolute Gasteiger partial charge is 0.00252 e. The van der Waals surface area contributed by atoms with Crippen LogP contribution in [0.2, 0.25) is 0 Å². The Morgan fingerprint density at radius 3 is 2.50 bits per heavy atom. The Morgan fingerprint density at radius 2 is 2.00 bits per heavy atom. The Balaban J connectivity index is 2.08. The summed E-state index contributed by atoms with van der Waals surface area (Å²) in [6.45, 7) is 8.07. The van der Waals surface area contributed by atoms with Crippen LogP contribution in [0.15, 0.2) is 36.6 Å². The van der Waals surface area contributed by atoms with Gasteiger partial charge in [-0.25, -0.2) is 0 Å². The molecule has 0 heteroatoms. The minimum atomic E-state index is 0.703. The summed E-state index contributed by atoms with van der Waals surface area (Å²) in [5, 5.41) is 0. The highest BCUT2D eigenvalue weighted by Gasteiger charge is 2.23. The molecule has 0 bridgehead atoms. The van der Waals surface area contributed by atoms with E-state index in [4.69, 9.17) is 0 Å². The molecule has 0 heterocycles. The summed E-state index contributed by atoms with van der Waals surface area (Å²) in [7, 11) is 0. The van der Waals surface area contributed by atoms with E-state index in [0.29, 0.717) is 5.92 Å². The molecule has 0 nitrogen and oxygen atoms in total. The molecule has 1 aromatic rings. The van der Waals surface area contributed by atoms with Crippen molar-refractivity contribution < 1.29 is 0 Å². The third kappa shape index (κ3) is 2.65. The average molecular weight is 212 g/mol.